The average Bonchev–Trinajstić information content (AvgIpc) is 2.20. The molecule has 0 aromatic carbocycles. The Morgan fingerprint density at radius 1 is 1.57 bits per heavy atom. The van der Waals surface area contributed by atoms with Crippen molar-refractivity contribution in [2.75, 3.05) is 13.1 Å². The number of aliphatic hydroxyl groups is 1. The Bertz CT molecular complexity index is 214. The second-order valence-corrected chi connectivity index (χ2v) is 4.34. The van der Waals surface area contributed by atoms with E-state index in [0.29, 0.717) is 0 Å². The van der Waals surface area contributed by atoms with Gasteiger partial charge in [-0.25, -0.2) is 0 Å². The summed E-state index contributed by atoms with van der Waals surface area (Å²) in [5.41, 5.74) is -0.814. The van der Waals surface area contributed by atoms with Crippen molar-refractivity contribution in [1.82, 2.24) is 5.32 Å². The first-order chi connectivity index (χ1) is 6.62. The van der Waals surface area contributed by atoms with Gasteiger partial charge in [0.05, 0.1) is 17.6 Å². The van der Waals surface area contributed by atoms with Crippen LogP contribution in [0.15, 0.2) is 0 Å². The number of nitrogens with zero attached hydrogens (tertiary/aromatic N) is 1. The Kier molecular flexibility index (Phi) is 3.91. The van der Waals surface area contributed by atoms with Crippen LogP contribution in [-0.2, 0) is 0 Å². The molecule has 1 rings (SSSR count). The molecule has 2 unspecified atom stereocenters. The number of piperidine rings is 1. The molecule has 1 heterocycles. The summed E-state index contributed by atoms with van der Waals surface area (Å²) in [6.07, 6.45) is 2.68. The van der Waals surface area contributed by atoms with Gasteiger partial charge in [-0.05, 0) is 45.2 Å². The van der Waals surface area contributed by atoms with Crippen molar-refractivity contribution in [3.63, 3.8) is 0 Å². The van der Waals surface area contributed by atoms with Crippen molar-refractivity contribution in [3.8, 4) is 6.07 Å². The first-order valence-electron chi connectivity index (χ1n) is 5.45. The number of hydrogen-bond donors (Lipinski definition) is 2. The largest absolute Gasteiger partial charge is 0.389 e. The van der Waals surface area contributed by atoms with Gasteiger partial charge in [0.2, 0.25) is 0 Å². The molecule has 0 saturated carbocycles. The predicted octanol–water partition coefficient (Wildman–Crippen LogP) is 1.29. The minimum absolute atomic E-state index is 0.231. The SMILES string of the molecule is CCC(C#N)C(C)(O)C1CCNCC1. The van der Waals surface area contributed by atoms with Crippen LogP contribution >= 0.6 is 0 Å². The van der Waals surface area contributed by atoms with Crippen molar-refractivity contribution in [2.45, 2.75) is 38.7 Å². The third kappa shape index (κ3) is 2.26. The summed E-state index contributed by atoms with van der Waals surface area (Å²) in [6, 6.07) is 2.22. The molecular formula is C11H20N2O. The molecule has 3 heteroatoms. The van der Waals surface area contributed by atoms with Crippen molar-refractivity contribution in [1.29, 1.82) is 5.26 Å². The van der Waals surface area contributed by atoms with Crippen molar-refractivity contribution in [3.05, 3.63) is 0 Å². The highest BCUT2D eigenvalue weighted by Gasteiger charge is 2.39. The highest BCUT2D eigenvalue weighted by molar-refractivity contribution is 5.00. The van der Waals surface area contributed by atoms with Crippen LogP contribution in [0.3, 0.4) is 0 Å². The molecule has 0 aromatic heterocycles. The molecule has 80 valence electrons. The van der Waals surface area contributed by atoms with Crippen molar-refractivity contribution < 1.29 is 5.11 Å². The van der Waals surface area contributed by atoms with E-state index in [9.17, 15) is 5.11 Å². The van der Waals surface area contributed by atoms with Crippen LogP contribution < -0.4 is 5.32 Å². The van der Waals surface area contributed by atoms with Gasteiger partial charge in [-0.2, -0.15) is 5.26 Å². The fraction of sp³-hybridized carbons (Fsp3) is 0.909. The fourth-order valence-corrected chi connectivity index (χ4v) is 2.33. The quantitative estimate of drug-likeness (QED) is 0.715. The fourth-order valence-electron chi connectivity index (χ4n) is 2.33. The van der Waals surface area contributed by atoms with Crippen LogP contribution in [0.4, 0.5) is 0 Å². The Hall–Kier alpha value is -0.590. The maximum absolute atomic E-state index is 10.3. The molecule has 0 amide bonds. The third-order valence-corrected chi connectivity index (χ3v) is 3.44. The standard InChI is InChI=1S/C11H20N2O/c1-3-9(8-12)11(2,14)10-4-6-13-7-5-10/h9-10,13-14H,3-7H2,1-2H3. The number of nitriles is 1. The highest BCUT2D eigenvalue weighted by atomic mass is 16.3. The maximum Gasteiger partial charge on any atom is 0.0806 e. The second kappa shape index (κ2) is 4.77. The Morgan fingerprint density at radius 3 is 2.57 bits per heavy atom. The van der Waals surface area contributed by atoms with Gasteiger partial charge in [-0.15, -0.1) is 0 Å². The molecule has 0 aliphatic carbocycles. The Morgan fingerprint density at radius 2 is 2.14 bits per heavy atom. The summed E-state index contributed by atoms with van der Waals surface area (Å²) in [7, 11) is 0. The summed E-state index contributed by atoms with van der Waals surface area (Å²) in [6.45, 7) is 5.70. The Labute approximate surface area is 86.1 Å². The van der Waals surface area contributed by atoms with E-state index in [-0.39, 0.29) is 11.8 Å². The summed E-state index contributed by atoms with van der Waals surface area (Å²) in [5, 5.41) is 22.6. The molecule has 0 spiro atoms. The lowest BCUT2D eigenvalue weighted by atomic mass is 9.74. The monoisotopic (exact) mass is 196 g/mol. The van der Waals surface area contributed by atoms with Crippen molar-refractivity contribution in [2.24, 2.45) is 11.8 Å². The lowest BCUT2D eigenvalue weighted by molar-refractivity contribution is -0.0469. The van der Waals surface area contributed by atoms with Gasteiger partial charge >= 0.3 is 0 Å². The summed E-state index contributed by atoms with van der Waals surface area (Å²) >= 11 is 0. The molecular weight excluding hydrogens is 176 g/mol. The zero-order chi connectivity index (χ0) is 10.6. The molecule has 14 heavy (non-hydrogen) atoms. The summed E-state index contributed by atoms with van der Waals surface area (Å²) in [4.78, 5) is 0. The van der Waals surface area contributed by atoms with E-state index in [4.69, 9.17) is 5.26 Å². The zero-order valence-corrected chi connectivity index (χ0v) is 9.08. The molecule has 1 aliphatic heterocycles. The van der Waals surface area contributed by atoms with Crippen LogP contribution in [0.5, 0.6) is 0 Å². The maximum atomic E-state index is 10.3. The van der Waals surface area contributed by atoms with Crippen LogP contribution in [0.2, 0.25) is 0 Å². The van der Waals surface area contributed by atoms with Gasteiger partial charge < -0.3 is 10.4 Å². The molecule has 0 radical (unpaired) electrons. The second-order valence-electron chi connectivity index (χ2n) is 4.34. The molecule has 1 aliphatic rings. The zero-order valence-electron chi connectivity index (χ0n) is 9.08. The molecule has 1 fully saturated rings. The lowest BCUT2D eigenvalue weighted by Gasteiger charge is -2.38. The molecule has 1 saturated heterocycles. The molecule has 3 nitrogen and oxygen atoms in total. The van der Waals surface area contributed by atoms with E-state index in [0.717, 1.165) is 32.4 Å². The smallest absolute Gasteiger partial charge is 0.0806 e. The van der Waals surface area contributed by atoms with E-state index < -0.39 is 5.60 Å². The lowest BCUT2D eigenvalue weighted by Crippen LogP contribution is -2.46. The molecule has 2 N–H and O–H groups in total. The topological polar surface area (TPSA) is 56.0 Å². The summed E-state index contributed by atoms with van der Waals surface area (Å²) < 4.78 is 0. The number of rotatable bonds is 3. The van der Waals surface area contributed by atoms with Crippen LogP contribution in [0.1, 0.15) is 33.1 Å². The normalized spacial score (nSPS) is 25.0. The predicted molar refractivity (Wildman–Crippen MR) is 55.6 cm³/mol. The van der Waals surface area contributed by atoms with E-state index >= 15 is 0 Å². The van der Waals surface area contributed by atoms with Gasteiger partial charge in [0.1, 0.15) is 0 Å². The number of hydrogen-bond acceptors (Lipinski definition) is 3. The third-order valence-electron chi connectivity index (χ3n) is 3.44. The van der Waals surface area contributed by atoms with Gasteiger partial charge in [0.25, 0.3) is 0 Å². The molecule has 0 aromatic rings. The molecule has 2 atom stereocenters. The van der Waals surface area contributed by atoms with Crippen LogP contribution in [0.25, 0.3) is 0 Å². The average molecular weight is 196 g/mol. The van der Waals surface area contributed by atoms with E-state index in [1.54, 1.807) is 0 Å². The minimum Gasteiger partial charge on any atom is -0.389 e. The first-order valence-corrected chi connectivity index (χ1v) is 5.45. The number of nitrogens with one attached hydrogen (secondary N) is 1. The van der Waals surface area contributed by atoms with Gasteiger partial charge in [-0.1, -0.05) is 6.92 Å². The van der Waals surface area contributed by atoms with Gasteiger partial charge in [0, 0.05) is 0 Å². The minimum atomic E-state index is -0.814. The molecule has 0 bridgehead atoms. The Balaban J connectivity index is 2.66. The van der Waals surface area contributed by atoms with Crippen LogP contribution in [-0.4, -0.2) is 23.8 Å². The summed E-state index contributed by atoms with van der Waals surface area (Å²) in [5.74, 6) is 0.0407. The van der Waals surface area contributed by atoms with Crippen molar-refractivity contribution >= 4 is 0 Å². The van der Waals surface area contributed by atoms with Gasteiger partial charge in [-0.3, -0.25) is 0 Å². The van der Waals surface area contributed by atoms with Crippen LogP contribution in [0, 0.1) is 23.2 Å². The van der Waals surface area contributed by atoms with E-state index in [1.165, 1.54) is 0 Å². The highest BCUT2D eigenvalue weighted by Crippen LogP contribution is 2.33. The first kappa shape index (κ1) is 11.5. The van der Waals surface area contributed by atoms with E-state index in [2.05, 4.69) is 11.4 Å². The van der Waals surface area contributed by atoms with E-state index in [1.807, 2.05) is 13.8 Å². The van der Waals surface area contributed by atoms with Gasteiger partial charge in [0.15, 0.2) is 0 Å².